The first-order chi connectivity index (χ1) is 16.0. The summed E-state index contributed by atoms with van der Waals surface area (Å²) < 4.78 is 7.29. The zero-order chi connectivity index (χ0) is 22.7. The van der Waals surface area contributed by atoms with Gasteiger partial charge in [0.05, 0.1) is 17.9 Å². The van der Waals surface area contributed by atoms with E-state index in [1.165, 1.54) is 6.42 Å². The minimum Gasteiger partial charge on any atom is -0.359 e. The van der Waals surface area contributed by atoms with Gasteiger partial charge in [-0.25, -0.2) is 0 Å². The van der Waals surface area contributed by atoms with Crippen LogP contribution in [0.5, 0.6) is 0 Å². The number of fused-ring (bicyclic) bond motifs is 1. The Morgan fingerprint density at radius 3 is 2.45 bits per heavy atom. The van der Waals surface area contributed by atoms with Crippen LogP contribution in [-0.2, 0) is 19.1 Å². The number of benzene rings is 1. The molecule has 3 amide bonds. The first kappa shape index (κ1) is 21.4. The van der Waals surface area contributed by atoms with Gasteiger partial charge in [0, 0.05) is 22.2 Å². The number of anilines is 1. The SMILES string of the molecule is O=C(Nc1ccc(Br)cc1)[C@H]1[C@H]2C=C[C@]3(O2)[C@H](C(=O)NC2CCCCC2)N(C2CC2)C(=O)[C@@H]13. The number of nitrogens with zero attached hydrogens (tertiary/aromatic N) is 1. The van der Waals surface area contributed by atoms with E-state index in [-0.39, 0.29) is 29.8 Å². The second kappa shape index (κ2) is 7.94. The van der Waals surface area contributed by atoms with Crippen molar-refractivity contribution in [2.24, 2.45) is 11.8 Å². The molecule has 2 saturated carbocycles. The number of halogens is 1. The number of hydrogen-bond acceptors (Lipinski definition) is 4. The zero-order valence-electron chi connectivity index (χ0n) is 18.3. The summed E-state index contributed by atoms with van der Waals surface area (Å²) in [4.78, 5) is 42.4. The molecule has 1 spiro atoms. The Bertz CT molecular complexity index is 1020. The standard InChI is InChI=1S/C25H28BrN3O4/c26-14-6-8-16(9-7-14)27-22(30)19-18-12-13-25(33-18)20(19)24(32)29(17-10-11-17)21(25)23(31)28-15-4-2-1-3-5-15/h6-9,12-13,15,17-21H,1-5,10-11H2,(H,27,30)(H,28,31)/t18-,19+,20-,21+,25-/m1/s1. The van der Waals surface area contributed by atoms with Crippen molar-refractivity contribution in [2.45, 2.75) is 74.8 Å². The maximum Gasteiger partial charge on any atom is 0.246 e. The zero-order valence-corrected chi connectivity index (χ0v) is 19.9. The molecule has 6 rings (SSSR count). The molecule has 1 aromatic rings. The van der Waals surface area contributed by atoms with Gasteiger partial charge in [-0.1, -0.05) is 47.3 Å². The van der Waals surface area contributed by atoms with Crippen LogP contribution >= 0.6 is 15.9 Å². The van der Waals surface area contributed by atoms with Gasteiger partial charge in [-0.2, -0.15) is 0 Å². The van der Waals surface area contributed by atoms with Crippen molar-refractivity contribution in [2.75, 3.05) is 5.32 Å². The van der Waals surface area contributed by atoms with E-state index in [0.717, 1.165) is 43.0 Å². The Morgan fingerprint density at radius 1 is 1.03 bits per heavy atom. The van der Waals surface area contributed by atoms with Crippen molar-refractivity contribution in [3.8, 4) is 0 Å². The second-order valence-electron chi connectivity index (χ2n) is 10.0. The van der Waals surface area contributed by atoms with Gasteiger partial charge < -0.3 is 20.3 Å². The van der Waals surface area contributed by atoms with Gasteiger partial charge in [0.25, 0.3) is 0 Å². The van der Waals surface area contributed by atoms with Crippen LogP contribution in [0.4, 0.5) is 5.69 Å². The van der Waals surface area contributed by atoms with Crippen molar-refractivity contribution in [1.29, 1.82) is 0 Å². The Kier molecular flexibility index (Phi) is 5.14. The third-order valence-corrected chi connectivity index (χ3v) is 8.40. The summed E-state index contributed by atoms with van der Waals surface area (Å²) >= 11 is 3.40. The Labute approximate surface area is 201 Å². The molecular formula is C25H28BrN3O4. The lowest BCUT2D eigenvalue weighted by Gasteiger charge is -2.34. The molecule has 0 radical (unpaired) electrons. The summed E-state index contributed by atoms with van der Waals surface area (Å²) in [6, 6.07) is 6.84. The fourth-order valence-electron chi connectivity index (χ4n) is 6.24. The molecule has 5 atom stereocenters. The van der Waals surface area contributed by atoms with Crippen molar-refractivity contribution >= 4 is 39.3 Å². The third-order valence-electron chi connectivity index (χ3n) is 7.87. The highest BCUT2D eigenvalue weighted by Gasteiger charge is 2.74. The average molecular weight is 514 g/mol. The molecule has 2 aliphatic carbocycles. The molecule has 2 bridgehead atoms. The predicted molar refractivity (Wildman–Crippen MR) is 125 cm³/mol. The van der Waals surface area contributed by atoms with Crippen molar-refractivity contribution in [1.82, 2.24) is 10.2 Å². The molecule has 33 heavy (non-hydrogen) atoms. The number of ether oxygens (including phenoxy) is 1. The summed E-state index contributed by atoms with van der Waals surface area (Å²) in [5.41, 5.74) is -0.398. The monoisotopic (exact) mass is 513 g/mol. The fourth-order valence-corrected chi connectivity index (χ4v) is 6.50. The number of nitrogens with one attached hydrogen (secondary N) is 2. The normalized spacial score (nSPS) is 35.1. The molecule has 3 aliphatic heterocycles. The molecule has 3 heterocycles. The van der Waals surface area contributed by atoms with Gasteiger partial charge in [-0.15, -0.1) is 0 Å². The summed E-state index contributed by atoms with van der Waals surface area (Å²) in [6.07, 6.45) is 10.4. The largest absolute Gasteiger partial charge is 0.359 e. The molecule has 8 heteroatoms. The maximum atomic E-state index is 13.7. The summed E-state index contributed by atoms with van der Waals surface area (Å²) in [7, 11) is 0. The lowest BCUT2D eigenvalue weighted by atomic mass is 9.74. The molecule has 2 saturated heterocycles. The minimum absolute atomic E-state index is 0.0609. The highest BCUT2D eigenvalue weighted by Crippen LogP contribution is 2.57. The van der Waals surface area contributed by atoms with E-state index >= 15 is 0 Å². The number of carbonyl (C=O) groups is 3. The van der Waals surface area contributed by atoms with Crippen LogP contribution < -0.4 is 10.6 Å². The van der Waals surface area contributed by atoms with Crippen LogP contribution in [0.2, 0.25) is 0 Å². The van der Waals surface area contributed by atoms with E-state index in [0.29, 0.717) is 5.69 Å². The molecule has 174 valence electrons. The Balaban J connectivity index is 1.29. The molecule has 5 aliphatic rings. The topological polar surface area (TPSA) is 87.7 Å². The van der Waals surface area contributed by atoms with Crippen molar-refractivity contribution in [3.05, 3.63) is 40.9 Å². The van der Waals surface area contributed by atoms with Gasteiger partial charge in [-0.05, 0) is 49.9 Å². The first-order valence-corrected chi connectivity index (χ1v) is 12.8. The molecule has 1 aromatic carbocycles. The summed E-state index contributed by atoms with van der Waals surface area (Å²) in [5, 5.41) is 6.17. The quantitative estimate of drug-likeness (QED) is 0.592. The number of rotatable bonds is 5. The highest BCUT2D eigenvalue weighted by atomic mass is 79.9. The Hall–Kier alpha value is -2.19. The minimum atomic E-state index is -1.06. The molecule has 0 unspecified atom stereocenters. The molecular weight excluding hydrogens is 486 g/mol. The van der Waals surface area contributed by atoms with Crippen LogP contribution in [0, 0.1) is 11.8 Å². The van der Waals surface area contributed by atoms with E-state index in [1.54, 1.807) is 4.90 Å². The van der Waals surface area contributed by atoms with Crippen LogP contribution in [-0.4, -0.2) is 52.5 Å². The number of likely N-dealkylation sites (tertiary alicyclic amines) is 1. The maximum absolute atomic E-state index is 13.7. The average Bonchev–Trinajstić information content (AvgIpc) is 3.40. The fraction of sp³-hybridized carbons (Fsp3) is 0.560. The lowest BCUT2D eigenvalue weighted by molar-refractivity contribution is -0.142. The molecule has 0 aromatic heterocycles. The van der Waals surface area contributed by atoms with Crippen molar-refractivity contribution in [3.63, 3.8) is 0 Å². The number of amides is 3. The lowest BCUT2D eigenvalue weighted by Crippen LogP contribution is -2.57. The summed E-state index contributed by atoms with van der Waals surface area (Å²) in [6.45, 7) is 0. The van der Waals surface area contributed by atoms with Crippen LogP contribution in [0.25, 0.3) is 0 Å². The molecule has 4 fully saturated rings. The van der Waals surface area contributed by atoms with E-state index in [4.69, 9.17) is 4.74 Å². The van der Waals surface area contributed by atoms with Gasteiger partial charge in [-0.3, -0.25) is 14.4 Å². The van der Waals surface area contributed by atoms with Crippen LogP contribution in [0.3, 0.4) is 0 Å². The molecule has 2 N–H and O–H groups in total. The molecule has 7 nitrogen and oxygen atoms in total. The van der Waals surface area contributed by atoms with Crippen LogP contribution in [0.15, 0.2) is 40.9 Å². The number of hydrogen-bond donors (Lipinski definition) is 2. The van der Waals surface area contributed by atoms with Gasteiger partial charge >= 0.3 is 0 Å². The van der Waals surface area contributed by atoms with Gasteiger partial charge in [0.15, 0.2) is 0 Å². The summed E-state index contributed by atoms with van der Waals surface area (Å²) in [5.74, 6) is -1.82. The Morgan fingerprint density at radius 2 is 1.76 bits per heavy atom. The second-order valence-corrected chi connectivity index (χ2v) is 10.9. The van der Waals surface area contributed by atoms with E-state index in [9.17, 15) is 14.4 Å². The van der Waals surface area contributed by atoms with E-state index < -0.39 is 29.6 Å². The van der Waals surface area contributed by atoms with Crippen LogP contribution in [0.1, 0.15) is 44.9 Å². The van der Waals surface area contributed by atoms with Crippen molar-refractivity contribution < 1.29 is 19.1 Å². The van der Waals surface area contributed by atoms with Gasteiger partial charge in [0.1, 0.15) is 11.6 Å². The number of carbonyl (C=O) groups excluding carboxylic acids is 3. The van der Waals surface area contributed by atoms with Gasteiger partial charge in [0.2, 0.25) is 17.7 Å². The highest BCUT2D eigenvalue weighted by molar-refractivity contribution is 9.10. The predicted octanol–water partition coefficient (Wildman–Crippen LogP) is 3.15. The van der Waals surface area contributed by atoms with E-state index in [2.05, 4.69) is 26.6 Å². The van der Waals surface area contributed by atoms with E-state index in [1.807, 2.05) is 36.4 Å². The smallest absolute Gasteiger partial charge is 0.246 e. The third kappa shape index (κ3) is 3.44. The first-order valence-electron chi connectivity index (χ1n) is 12.0.